The summed E-state index contributed by atoms with van der Waals surface area (Å²) in [7, 11) is 0. The molecule has 39 heavy (non-hydrogen) atoms. The molecule has 3 N–H and O–H groups in total. The van der Waals surface area contributed by atoms with E-state index in [1.54, 1.807) is 0 Å². The molecular formula is C33H48N4O2. The van der Waals surface area contributed by atoms with Crippen LogP contribution in [0.25, 0.3) is 0 Å². The van der Waals surface area contributed by atoms with Gasteiger partial charge in [-0.2, -0.15) is 0 Å². The monoisotopic (exact) mass is 532 g/mol. The van der Waals surface area contributed by atoms with Crippen molar-refractivity contribution in [3.63, 3.8) is 0 Å². The lowest BCUT2D eigenvalue weighted by Crippen LogP contribution is -2.58. The van der Waals surface area contributed by atoms with Crippen LogP contribution in [0.15, 0.2) is 54.6 Å². The van der Waals surface area contributed by atoms with Gasteiger partial charge in [-0.1, -0.05) is 68.3 Å². The maximum Gasteiger partial charge on any atom is 0.254 e. The van der Waals surface area contributed by atoms with Crippen LogP contribution >= 0.6 is 0 Å². The van der Waals surface area contributed by atoms with Gasteiger partial charge in [0.2, 0.25) is 5.91 Å². The van der Waals surface area contributed by atoms with Crippen LogP contribution < -0.4 is 11.1 Å². The highest BCUT2D eigenvalue weighted by Gasteiger charge is 2.39. The van der Waals surface area contributed by atoms with Crippen molar-refractivity contribution >= 4 is 11.8 Å². The molecule has 0 aromatic heterocycles. The number of carbonyl (C=O) groups is 2. The third kappa shape index (κ3) is 8.15. The Morgan fingerprint density at radius 2 is 1.72 bits per heavy atom. The fraction of sp³-hybridized carbons (Fsp3) is 0.576. The van der Waals surface area contributed by atoms with Crippen LogP contribution in [0.3, 0.4) is 0 Å². The van der Waals surface area contributed by atoms with E-state index in [9.17, 15) is 9.59 Å². The fourth-order valence-electron chi connectivity index (χ4n) is 6.43. The van der Waals surface area contributed by atoms with Gasteiger partial charge in [-0.25, -0.2) is 0 Å². The molecule has 2 fully saturated rings. The van der Waals surface area contributed by atoms with Gasteiger partial charge in [0.05, 0.1) is 0 Å². The minimum absolute atomic E-state index is 0.0146. The first-order valence-electron chi connectivity index (χ1n) is 15.0. The molecule has 1 aliphatic carbocycles. The molecule has 0 radical (unpaired) electrons. The molecular weight excluding hydrogens is 484 g/mol. The molecule has 1 heterocycles. The van der Waals surface area contributed by atoms with E-state index < -0.39 is 6.04 Å². The lowest BCUT2D eigenvalue weighted by Gasteiger charge is -2.43. The summed E-state index contributed by atoms with van der Waals surface area (Å²) in [4.78, 5) is 31.8. The summed E-state index contributed by atoms with van der Waals surface area (Å²) in [5, 5.41) is 3.27. The quantitative estimate of drug-likeness (QED) is 0.451. The van der Waals surface area contributed by atoms with E-state index >= 15 is 0 Å². The highest BCUT2D eigenvalue weighted by molar-refractivity contribution is 5.97. The molecule has 2 amide bonds. The summed E-state index contributed by atoms with van der Waals surface area (Å²) in [5.41, 5.74) is 9.00. The summed E-state index contributed by atoms with van der Waals surface area (Å²) >= 11 is 0. The second-order valence-corrected chi connectivity index (χ2v) is 12.2. The van der Waals surface area contributed by atoms with Crippen LogP contribution in [-0.2, 0) is 11.3 Å². The van der Waals surface area contributed by atoms with Gasteiger partial charge in [0, 0.05) is 37.8 Å². The lowest BCUT2D eigenvalue weighted by atomic mass is 9.81. The van der Waals surface area contributed by atoms with E-state index in [0.717, 1.165) is 44.5 Å². The highest BCUT2D eigenvalue weighted by Crippen LogP contribution is 2.29. The molecule has 4 rings (SSSR count). The number of rotatable bonds is 10. The predicted molar refractivity (Wildman–Crippen MR) is 158 cm³/mol. The Morgan fingerprint density at radius 1 is 1.00 bits per heavy atom. The minimum Gasteiger partial charge on any atom is -0.354 e. The van der Waals surface area contributed by atoms with Crippen molar-refractivity contribution in [3.05, 3.63) is 71.3 Å². The summed E-state index contributed by atoms with van der Waals surface area (Å²) in [5.74, 6) is 1.47. The van der Waals surface area contributed by atoms with E-state index in [4.69, 9.17) is 5.73 Å². The minimum atomic E-state index is -0.475. The average Bonchev–Trinajstić information content (AvgIpc) is 2.95. The Kier molecular flexibility index (Phi) is 10.6. The largest absolute Gasteiger partial charge is 0.354 e. The number of nitrogens with two attached hydrogens (primary N) is 1. The Labute approximate surface area is 235 Å². The number of nitrogens with zero attached hydrogens (tertiary/aromatic N) is 2. The Morgan fingerprint density at radius 3 is 2.41 bits per heavy atom. The van der Waals surface area contributed by atoms with Gasteiger partial charge in [-0.05, 0) is 81.0 Å². The predicted octanol–water partition coefficient (Wildman–Crippen LogP) is 5.01. The number of aryl methyl sites for hydroxylation is 1. The number of benzene rings is 2. The van der Waals surface area contributed by atoms with Crippen molar-refractivity contribution in [2.75, 3.05) is 26.2 Å². The van der Waals surface area contributed by atoms with Crippen molar-refractivity contribution in [2.24, 2.45) is 23.5 Å². The standard InChI is InChI=1S/C33H48N4O2/c1-24(2)22-36(23-26-8-5-4-6-9-26)30-16-17-37(33(39)29-14-12-25(3)13-15-29)31(19-30)32(38)35-21-28-11-7-10-27(18-28)20-34/h4-6,8-9,12-15,24,27-28,30-31H,7,10-11,16-23,34H2,1-3H3,(H,35,38)/t27?,28?,30?,31-/m1/s1. The molecule has 6 nitrogen and oxygen atoms in total. The third-order valence-electron chi connectivity index (χ3n) is 8.57. The Bertz CT molecular complexity index is 1060. The van der Waals surface area contributed by atoms with Crippen molar-refractivity contribution in [1.82, 2.24) is 15.1 Å². The lowest BCUT2D eigenvalue weighted by molar-refractivity contribution is -0.128. The zero-order chi connectivity index (χ0) is 27.8. The van der Waals surface area contributed by atoms with E-state index in [1.165, 1.54) is 18.4 Å². The van der Waals surface area contributed by atoms with E-state index in [0.29, 0.717) is 42.8 Å². The molecule has 1 aliphatic heterocycles. The van der Waals surface area contributed by atoms with E-state index in [1.807, 2.05) is 42.2 Å². The zero-order valence-electron chi connectivity index (χ0n) is 24.1. The van der Waals surface area contributed by atoms with Gasteiger partial charge < -0.3 is 16.0 Å². The summed E-state index contributed by atoms with van der Waals surface area (Å²) in [6.07, 6.45) is 6.10. The highest BCUT2D eigenvalue weighted by atomic mass is 16.2. The number of hydrogen-bond acceptors (Lipinski definition) is 4. The number of amides is 2. The van der Waals surface area contributed by atoms with Crippen LogP contribution in [0.4, 0.5) is 0 Å². The van der Waals surface area contributed by atoms with Crippen molar-refractivity contribution in [1.29, 1.82) is 0 Å². The molecule has 2 aromatic rings. The van der Waals surface area contributed by atoms with Crippen LogP contribution in [0.1, 0.15) is 73.9 Å². The Balaban J connectivity index is 1.51. The molecule has 1 saturated carbocycles. The van der Waals surface area contributed by atoms with Gasteiger partial charge in [-0.15, -0.1) is 0 Å². The molecule has 6 heteroatoms. The molecule has 2 aliphatic rings. The van der Waals surface area contributed by atoms with Crippen LogP contribution in [0, 0.1) is 24.7 Å². The Hall–Kier alpha value is -2.70. The first-order chi connectivity index (χ1) is 18.8. The van der Waals surface area contributed by atoms with Gasteiger partial charge in [0.25, 0.3) is 5.91 Å². The number of likely N-dealkylation sites (tertiary alicyclic amines) is 1. The molecule has 4 atom stereocenters. The van der Waals surface area contributed by atoms with Crippen LogP contribution in [-0.4, -0.2) is 59.9 Å². The summed E-state index contributed by atoms with van der Waals surface area (Å²) < 4.78 is 0. The first-order valence-corrected chi connectivity index (χ1v) is 15.0. The first kappa shape index (κ1) is 29.3. The summed E-state index contributed by atoms with van der Waals surface area (Å²) in [6.45, 7) is 10.3. The molecule has 1 saturated heterocycles. The second-order valence-electron chi connectivity index (χ2n) is 12.2. The normalized spacial score (nSPS) is 23.7. The fourth-order valence-corrected chi connectivity index (χ4v) is 6.43. The summed E-state index contributed by atoms with van der Waals surface area (Å²) in [6, 6.07) is 18.0. The second kappa shape index (κ2) is 14.1. The smallest absolute Gasteiger partial charge is 0.254 e. The van der Waals surface area contributed by atoms with Crippen molar-refractivity contribution in [3.8, 4) is 0 Å². The molecule has 0 bridgehead atoms. The number of hydrogen-bond donors (Lipinski definition) is 2. The maximum absolute atomic E-state index is 13.8. The molecule has 2 aromatic carbocycles. The van der Waals surface area contributed by atoms with Gasteiger partial charge in [0.15, 0.2) is 0 Å². The average molecular weight is 533 g/mol. The van der Waals surface area contributed by atoms with Gasteiger partial charge >= 0.3 is 0 Å². The van der Waals surface area contributed by atoms with Crippen LogP contribution in [0.5, 0.6) is 0 Å². The number of piperidine rings is 1. The molecule has 212 valence electrons. The van der Waals surface area contributed by atoms with E-state index in [-0.39, 0.29) is 17.9 Å². The van der Waals surface area contributed by atoms with Crippen molar-refractivity contribution in [2.45, 2.75) is 77.9 Å². The maximum atomic E-state index is 13.8. The SMILES string of the molecule is Cc1ccc(C(=O)N2CCC(N(Cc3ccccc3)CC(C)C)C[C@@H]2C(=O)NCC2CCCC(CN)C2)cc1. The number of nitrogens with one attached hydrogen (secondary N) is 1. The molecule has 3 unspecified atom stereocenters. The third-order valence-corrected chi connectivity index (χ3v) is 8.57. The van der Waals surface area contributed by atoms with Gasteiger partial charge in [-0.3, -0.25) is 14.5 Å². The number of carbonyl (C=O) groups excluding carboxylic acids is 2. The topological polar surface area (TPSA) is 78.7 Å². The van der Waals surface area contributed by atoms with Crippen LogP contribution in [0.2, 0.25) is 0 Å². The zero-order valence-corrected chi connectivity index (χ0v) is 24.1. The molecule has 0 spiro atoms. The van der Waals surface area contributed by atoms with Gasteiger partial charge in [0.1, 0.15) is 6.04 Å². The van der Waals surface area contributed by atoms with E-state index in [2.05, 4.69) is 48.3 Å². The van der Waals surface area contributed by atoms with Crippen molar-refractivity contribution < 1.29 is 9.59 Å².